The first-order valence-corrected chi connectivity index (χ1v) is 9.58. The predicted molar refractivity (Wildman–Crippen MR) is 100 cm³/mol. The maximum atomic E-state index is 11.8. The molecule has 1 unspecified atom stereocenters. The first-order chi connectivity index (χ1) is 12.8. The average molecular weight is 400 g/mol. The molecule has 10 heteroatoms. The molecule has 0 fully saturated rings. The number of hydrogen-bond donors (Lipinski definition) is 1. The van der Waals surface area contributed by atoms with E-state index in [1.807, 2.05) is 4.90 Å². The zero-order valence-electron chi connectivity index (χ0n) is 15.8. The van der Waals surface area contributed by atoms with Gasteiger partial charge in [0.1, 0.15) is 18.0 Å². The van der Waals surface area contributed by atoms with E-state index < -0.39 is 31.2 Å². The van der Waals surface area contributed by atoms with E-state index in [4.69, 9.17) is 14.0 Å². The Morgan fingerprint density at radius 1 is 1.26 bits per heavy atom. The molecule has 0 spiro atoms. The van der Waals surface area contributed by atoms with Crippen molar-refractivity contribution in [3.8, 4) is 0 Å². The number of fused-ring (bicyclic) bond motifs is 1. The number of nitrogens with one attached hydrogen (secondary N) is 1. The van der Waals surface area contributed by atoms with Gasteiger partial charge in [0.25, 0.3) is 10.9 Å². The smallest absolute Gasteiger partial charge is 0.329 e. The SMILES string of the molecule is CC(C)(C)C(=O)OCCOC(CCN1CCCNc2c1c(=O)c2=O)OP=O. The molecule has 1 aliphatic rings. The zero-order valence-corrected chi connectivity index (χ0v) is 16.7. The minimum Gasteiger partial charge on any atom is -0.463 e. The van der Waals surface area contributed by atoms with Gasteiger partial charge in [-0.05, 0) is 27.2 Å². The maximum Gasteiger partial charge on any atom is 0.329 e. The standard InChI is InChI=1S/C17H25N2O7P/c1-17(2,3)16(22)25-10-9-24-11(26-27-23)5-8-19-7-4-6-18-12-13(19)15(21)14(12)20/h11,18H,4-10H2,1-3H3. The highest BCUT2D eigenvalue weighted by Crippen LogP contribution is 2.24. The van der Waals surface area contributed by atoms with Crippen LogP contribution in [0.4, 0.5) is 11.4 Å². The van der Waals surface area contributed by atoms with Crippen molar-refractivity contribution >= 4 is 26.0 Å². The first kappa shape index (κ1) is 21.5. The fourth-order valence-corrected chi connectivity index (χ4v) is 2.93. The molecule has 1 N–H and O–H groups in total. The quantitative estimate of drug-likeness (QED) is 0.216. The van der Waals surface area contributed by atoms with Crippen LogP contribution in [0.15, 0.2) is 9.59 Å². The van der Waals surface area contributed by atoms with E-state index in [0.29, 0.717) is 37.4 Å². The monoisotopic (exact) mass is 400 g/mol. The van der Waals surface area contributed by atoms with Crippen molar-refractivity contribution in [3.63, 3.8) is 0 Å². The molecule has 1 aliphatic heterocycles. The molecule has 27 heavy (non-hydrogen) atoms. The highest BCUT2D eigenvalue weighted by Gasteiger charge is 2.28. The Labute approximate surface area is 158 Å². The third kappa shape index (κ3) is 5.57. The van der Waals surface area contributed by atoms with Crippen LogP contribution in [0.3, 0.4) is 0 Å². The van der Waals surface area contributed by atoms with Crippen molar-refractivity contribution in [2.75, 3.05) is 43.1 Å². The lowest BCUT2D eigenvalue weighted by atomic mass is 9.97. The largest absolute Gasteiger partial charge is 0.463 e. The lowest BCUT2D eigenvalue weighted by Crippen LogP contribution is -2.42. The van der Waals surface area contributed by atoms with Gasteiger partial charge in [-0.2, -0.15) is 0 Å². The van der Waals surface area contributed by atoms with E-state index in [-0.39, 0.29) is 19.2 Å². The van der Waals surface area contributed by atoms with Gasteiger partial charge in [-0.3, -0.25) is 18.9 Å². The van der Waals surface area contributed by atoms with Crippen LogP contribution >= 0.6 is 8.69 Å². The normalized spacial score (nSPS) is 15.9. The number of ether oxygens (including phenoxy) is 2. The molecule has 0 saturated carbocycles. The summed E-state index contributed by atoms with van der Waals surface area (Å²) in [7, 11) is -0.530. The van der Waals surface area contributed by atoms with Crippen LogP contribution in [0.2, 0.25) is 0 Å². The second-order valence-electron chi connectivity index (χ2n) is 7.30. The highest BCUT2D eigenvalue weighted by atomic mass is 31.1. The summed E-state index contributed by atoms with van der Waals surface area (Å²) in [5.41, 5.74) is -0.807. The number of hydrogen-bond acceptors (Lipinski definition) is 9. The maximum absolute atomic E-state index is 11.8. The highest BCUT2D eigenvalue weighted by molar-refractivity contribution is 7.17. The first-order valence-electron chi connectivity index (χ1n) is 8.85. The number of carbonyl (C=O) groups excluding carboxylic acids is 1. The summed E-state index contributed by atoms with van der Waals surface area (Å²) >= 11 is 0. The van der Waals surface area contributed by atoms with E-state index >= 15 is 0 Å². The molecule has 0 amide bonds. The van der Waals surface area contributed by atoms with Gasteiger partial charge in [0, 0.05) is 26.1 Å². The summed E-state index contributed by atoms with van der Waals surface area (Å²) in [5.74, 6) is -0.338. The van der Waals surface area contributed by atoms with E-state index in [1.165, 1.54) is 0 Å². The molecule has 0 saturated heterocycles. The molecule has 0 bridgehead atoms. The lowest BCUT2D eigenvalue weighted by Gasteiger charge is -2.26. The lowest BCUT2D eigenvalue weighted by molar-refractivity contribution is -0.157. The minimum absolute atomic E-state index is 0.0572. The zero-order chi connectivity index (χ0) is 20.0. The second kappa shape index (κ2) is 9.39. The van der Waals surface area contributed by atoms with Gasteiger partial charge in [0.2, 0.25) is 0 Å². The van der Waals surface area contributed by atoms with Crippen LogP contribution in [0, 0.1) is 5.41 Å². The van der Waals surface area contributed by atoms with Crippen molar-refractivity contribution in [2.24, 2.45) is 5.41 Å². The van der Waals surface area contributed by atoms with Crippen LogP contribution in [-0.4, -0.2) is 45.1 Å². The summed E-state index contributed by atoms with van der Waals surface area (Å²) < 4.78 is 26.4. The Morgan fingerprint density at radius 2 is 2.00 bits per heavy atom. The van der Waals surface area contributed by atoms with Crippen LogP contribution in [-0.2, 0) is 23.4 Å². The van der Waals surface area contributed by atoms with E-state index in [9.17, 15) is 18.9 Å². The Bertz CT molecular complexity index is 737. The van der Waals surface area contributed by atoms with Gasteiger partial charge in [0.05, 0.1) is 12.0 Å². The molecule has 0 radical (unpaired) electrons. The fourth-order valence-electron chi connectivity index (χ4n) is 2.67. The molecule has 1 aromatic carbocycles. The number of carbonyl (C=O) groups is 1. The number of anilines is 2. The van der Waals surface area contributed by atoms with Crippen LogP contribution in [0.1, 0.15) is 33.6 Å². The molecule has 0 aliphatic carbocycles. The summed E-state index contributed by atoms with van der Waals surface area (Å²) in [6, 6.07) is 0. The number of nitrogens with zero attached hydrogens (tertiary/aromatic N) is 1. The van der Waals surface area contributed by atoms with Crippen molar-refractivity contribution < 1.29 is 23.4 Å². The van der Waals surface area contributed by atoms with E-state index in [0.717, 1.165) is 6.42 Å². The third-order valence-corrected chi connectivity index (χ3v) is 4.46. The number of esters is 1. The van der Waals surface area contributed by atoms with E-state index in [1.54, 1.807) is 20.8 Å². The molecular weight excluding hydrogens is 375 g/mol. The predicted octanol–water partition coefficient (Wildman–Crippen LogP) is 1.45. The summed E-state index contributed by atoms with van der Waals surface area (Å²) in [4.78, 5) is 37.0. The molecule has 150 valence electrons. The van der Waals surface area contributed by atoms with Crippen molar-refractivity contribution in [1.82, 2.24) is 0 Å². The summed E-state index contributed by atoms with van der Waals surface area (Å²) in [6.07, 6.45) is 0.326. The summed E-state index contributed by atoms with van der Waals surface area (Å²) in [5, 5.41) is 2.97. The van der Waals surface area contributed by atoms with Gasteiger partial charge in [-0.1, -0.05) is 0 Å². The van der Waals surface area contributed by atoms with Gasteiger partial charge < -0.3 is 19.7 Å². The van der Waals surface area contributed by atoms with Crippen LogP contribution in [0.25, 0.3) is 0 Å². The second-order valence-corrected chi connectivity index (χ2v) is 7.66. The van der Waals surface area contributed by atoms with Crippen molar-refractivity contribution in [2.45, 2.75) is 39.9 Å². The van der Waals surface area contributed by atoms with Crippen LogP contribution in [0.5, 0.6) is 0 Å². The van der Waals surface area contributed by atoms with Gasteiger partial charge in [0.15, 0.2) is 6.29 Å². The van der Waals surface area contributed by atoms with Crippen LogP contribution < -0.4 is 21.1 Å². The van der Waals surface area contributed by atoms with Crippen molar-refractivity contribution in [1.29, 1.82) is 0 Å². The Hall–Kier alpha value is -1.83. The Kier molecular flexibility index (Phi) is 7.47. The molecule has 9 nitrogen and oxygen atoms in total. The molecule has 1 aromatic rings. The molecule has 0 aromatic heterocycles. The Balaban J connectivity index is 1.83. The average Bonchev–Trinajstić information content (AvgIpc) is 2.81. The number of rotatable bonds is 9. The minimum atomic E-state index is -0.788. The fraction of sp³-hybridized carbons (Fsp3) is 0.706. The van der Waals surface area contributed by atoms with Crippen molar-refractivity contribution in [3.05, 3.63) is 20.4 Å². The molecule has 1 heterocycles. The molecule has 2 rings (SSSR count). The Morgan fingerprint density at radius 3 is 2.67 bits per heavy atom. The summed E-state index contributed by atoms with van der Waals surface area (Å²) in [6.45, 7) is 7.06. The van der Waals surface area contributed by atoms with E-state index in [2.05, 4.69) is 5.32 Å². The third-order valence-electron chi connectivity index (χ3n) is 4.14. The topological polar surface area (TPSA) is 111 Å². The van der Waals surface area contributed by atoms with Gasteiger partial charge in [-0.25, -0.2) is 4.57 Å². The molecular formula is C17H25N2O7P. The van der Waals surface area contributed by atoms with Gasteiger partial charge >= 0.3 is 14.7 Å². The van der Waals surface area contributed by atoms with Gasteiger partial charge in [-0.15, -0.1) is 0 Å². The molecule has 1 atom stereocenters.